The van der Waals surface area contributed by atoms with E-state index < -0.39 is 17.9 Å². The Hall–Kier alpha value is -3.35. The Morgan fingerprint density at radius 1 is 1.00 bits per heavy atom. The Morgan fingerprint density at radius 3 is 2.35 bits per heavy atom. The molecule has 166 valence electrons. The lowest BCUT2D eigenvalue weighted by Crippen LogP contribution is -2.47. The minimum absolute atomic E-state index is 0.0241. The topological polar surface area (TPSA) is 103 Å². The summed E-state index contributed by atoms with van der Waals surface area (Å²) in [6.45, 7) is 8.39. The average molecular weight is 425 g/mol. The van der Waals surface area contributed by atoms with E-state index in [1.54, 1.807) is 0 Å². The fourth-order valence-corrected chi connectivity index (χ4v) is 2.84. The largest absolute Gasteiger partial charge is 0.481 e. The van der Waals surface area contributed by atoms with Gasteiger partial charge in [0.2, 0.25) is 5.96 Å². The van der Waals surface area contributed by atoms with Crippen molar-refractivity contribution < 1.29 is 14.7 Å². The lowest BCUT2D eigenvalue weighted by molar-refractivity contribution is -0.140. The number of nitrogens with one attached hydrogen (secondary N) is 3. The molecule has 0 saturated carbocycles. The van der Waals surface area contributed by atoms with Crippen LogP contribution in [0.1, 0.15) is 37.5 Å². The van der Waals surface area contributed by atoms with E-state index in [1.165, 1.54) is 18.1 Å². The highest BCUT2D eigenvalue weighted by molar-refractivity contribution is 5.97. The summed E-state index contributed by atoms with van der Waals surface area (Å²) in [5.41, 5.74) is 4.12. The monoisotopic (exact) mass is 424 g/mol. The Bertz CT molecular complexity index is 907. The summed E-state index contributed by atoms with van der Waals surface area (Å²) < 4.78 is 0. The van der Waals surface area contributed by atoms with Crippen LogP contribution < -0.4 is 16.0 Å². The smallest absolute Gasteiger partial charge is 0.321 e. The second kappa shape index (κ2) is 11.7. The van der Waals surface area contributed by atoms with Crippen molar-refractivity contribution in [3.8, 4) is 0 Å². The van der Waals surface area contributed by atoms with Crippen molar-refractivity contribution in [2.75, 3.05) is 6.54 Å². The van der Waals surface area contributed by atoms with Gasteiger partial charge in [-0.05, 0) is 42.5 Å². The number of amides is 2. The van der Waals surface area contributed by atoms with Crippen molar-refractivity contribution in [2.45, 2.75) is 40.7 Å². The normalized spacial score (nSPS) is 12.4. The van der Waals surface area contributed by atoms with Gasteiger partial charge in [0.05, 0.1) is 11.6 Å². The van der Waals surface area contributed by atoms with Gasteiger partial charge in [0.25, 0.3) is 0 Å². The highest BCUT2D eigenvalue weighted by Crippen LogP contribution is 2.17. The molecule has 0 fully saturated rings. The summed E-state index contributed by atoms with van der Waals surface area (Å²) in [6.07, 6.45) is 0.941. The van der Waals surface area contributed by atoms with Crippen LogP contribution in [0.15, 0.2) is 53.5 Å². The number of carbonyl (C=O) groups excluding carboxylic acids is 1. The van der Waals surface area contributed by atoms with Crippen LogP contribution in [0.3, 0.4) is 0 Å². The standard InChI is InChI=1S/C24H32N4O3/c1-16(2)12-20-6-5-7-21(13-20)27-23(25-15-19-10-8-17(3)9-11-19)28-24(31)26-14-18(4)22(29)30/h5-11,13,16,18H,12,14-15H2,1-4H3,(H,29,30)(H3,25,26,27,28,31)/t18-/m0/s1. The molecule has 0 unspecified atom stereocenters. The first-order chi connectivity index (χ1) is 14.7. The molecule has 0 aromatic heterocycles. The van der Waals surface area contributed by atoms with Crippen LogP contribution in [0.25, 0.3) is 0 Å². The van der Waals surface area contributed by atoms with Crippen molar-refractivity contribution in [3.63, 3.8) is 0 Å². The van der Waals surface area contributed by atoms with Gasteiger partial charge in [-0.25, -0.2) is 9.79 Å². The number of carbonyl (C=O) groups is 2. The molecule has 7 heteroatoms. The van der Waals surface area contributed by atoms with E-state index in [0.29, 0.717) is 18.4 Å². The van der Waals surface area contributed by atoms with E-state index in [-0.39, 0.29) is 6.54 Å². The second-order valence-electron chi connectivity index (χ2n) is 8.14. The van der Waals surface area contributed by atoms with Gasteiger partial charge >= 0.3 is 12.0 Å². The summed E-state index contributed by atoms with van der Waals surface area (Å²) in [5.74, 6) is -0.825. The zero-order valence-corrected chi connectivity index (χ0v) is 18.6. The third-order valence-electron chi connectivity index (χ3n) is 4.60. The number of aliphatic carboxylic acids is 1. The molecule has 2 amide bonds. The van der Waals surface area contributed by atoms with Gasteiger partial charge < -0.3 is 15.7 Å². The van der Waals surface area contributed by atoms with Crippen LogP contribution in [0.4, 0.5) is 10.5 Å². The first-order valence-corrected chi connectivity index (χ1v) is 10.5. The number of aliphatic imine (C=N–C) groups is 1. The number of hydrogen-bond acceptors (Lipinski definition) is 3. The lowest BCUT2D eigenvalue weighted by atomic mass is 10.0. The quantitative estimate of drug-likeness (QED) is 0.380. The molecule has 1 atom stereocenters. The zero-order chi connectivity index (χ0) is 22.8. The molecule has 4 N–H and O–H groups in total. The molecule has 0 aliphatic rings. The molecule has 7 nitrogen and oxygen atoms in total. The number of benzene rings is 2. The molecular formula is C24H32N4O3. The van der Waals surface area contributed by atoms with Gasteiger partial charge in [-0.2, -0.15) is 0 Å². The Morgan fingerprint density at radius 2 is 1.71 bits per heavy atom. The number of carboxylic acid groups (broad SMARTS) is 1. The maximum Gasteiger partial charge on any atom is 0.321 e. The maximum atomic E-state index is 12.3. The van der Waals surface area contributed by atoms with Crippen LogP contribution in [0.5, 0.6) is 0 Å². The Kier molecular flexibility index (Phi) is 9.06. The van der Waals surface area contributed by atoms with E-state index >= 15 is 0 Å². The van der Waals surface area contributed by atoms with Crippen molar-refractivity contribution in [2.24, 2.45) is 16.8 Å². The van der Waals surface area contributed by atoms with Crippen LogP contribution in [0.2, 0.25) is 0 Å². The summed E-state index contributed by atoms with van der Waals surface area (Å²) >= 11 is 0. The lowest BCUT2D eigenvalue weighted by Gasteiger charge is -2.14. The molecule has 2 aromatic carbocycles. The fraction of sp³-hybridized carbons (Fsp3) is 0.375. The minimum Gasteiger partial charge on any atom is -0.481 e. The third-order valence-corrected chi connectivity index (χ3v) is 4.60. The highest BCUT2D eigenvalue weighted by Gasteiger charge is 2.13. The number of carboxylic acids is 1. The highest BCUT2D eigenvalue weighted by atomic mass is 16.4. The average Bonchev–Trinajstić information content (AvgIpc) is 2.71. The predicted molar refractivity (Wildman–Crippen MR) is 123 cm³/mol. The van der Waals surface area contributed by atoms with Crippen molar-refractivity contribution in [1.82, 2.24) is 16.0 Å². The van der Waals surface area contributed by atoms with Gasteiger partial charge in [-0.1, -0.05) is 62.7 Å². The maximum absolute atomic E-state index is 12.3. The molecule has 0 radical (unpaired) electrons. The van der Waals surface area contributed by atoms with Gasteiger partial charge in [-0.15, -0.1) is 0 Å². The Labute approximate surface area is 184 Å². The second-order valence-corrected chi connectivity index (χ2v) is 8.14. The first-order valence-electron chi connectivity index (χ1n) is 10.5. The van der Waals surface area contributed by atoms with Crippen molar-refractivity contribution in [3.05, 3.63) is 65.2 Å². The van der Waals surface area contributed by atoms with Gasteiger partial charge in [0, 0.05) is 13.1 Å². The SMILES string of the molecule is Cc1ccc(CN/C(=N/c2cccc(CC(C)C)c2)NC(=O)NC[C@H](C)C(=O)O)cc1. The van der Waals surface area contributed by atoms with E-state index in [9.17, 15) is 9.59 Å². The van der Waals surface area contributed by atoms with Crippen LogP contribution in [0, 0.1) is 18.8 Å². The molecule has 0 aliphatic carbocycles. The van der Waals surface area contributed by atoms with Crippen LogP contribution in [-0.4, -0.2) is 29.6 Å². The summed E-state index contributed by atoms with van der Waals surface area (Å²) in [5, 5.41) is 17.4. The molecular weight excluding hydrogens is 392 g/mol. The fourth-order valence-electron chi connectivity index (χ4n) is 2.84. The van der Waals surface area contributed by atoms with Gasteiger partial charge in [0.15, 0.2) is 0 Å². The Balaban J connectivity index is 2.14. The van der Waals surface area contributed by atoms with Crippen LogP contribution in [-0.2, 0) is 17.8 Å². The van der Waals surface area contributed by atoms with E-state index in [2.05, 4.69) is 40.9 Å². The number of hydrogen-bond donors (Lipinski definition) is 4. The molecule has 0 saturated heterocycles. The molecule has 0 aliphatic heterocycles. The van der Waals surface area contributed by atoms with Crippen LogP contribution >= 0.6 is 0 Å². The molecule has 2 aromatic rings. The molecule has 0 bridgehead atoms. The minimum atomic E-state index is -0.964. The molecule has 0 heterocycles. The third kappa shape index (κ3) is 8.90. The summed E-state index contributed by atoms with van der Waals surface area (Å²) in [7, 11) is 0. The number of nitrogens with zero attached hydrogens (tertiary/aromatic N) is 1. The number of rotatable bonds is 8. The molecule has 0 spiro atoms. The van der Waals surface area contributed by atoms with Crippen molar-refractivity contribution in [1.29, 1.82) is 0 Å². The summed E-state index contributed by atoms with van der Waals surface area (Å²) in [6, 6.07) is 15.4. The van der Waals surface area contributed by atoms with E-state index in [1.807, 2.05) is 49.4 Å². The molecule has 2 rings (SSSR count). The first kappa shape index (κ1) is 23.9. The van der Waals surface area contributed by atoms with E-state index in [0.717, 1.165) is 17.7 Å². The van der Waals surface area contributed by atoms with Gasteiger partial charge in [-0.3, -0.25) is 10.1 Å². The zero-order valence-electron chi connectivity index (χ0n) is 18.6. The number of aryl methyl sites for hydroxylation is 1. The molecule has 31 heavy (non-hydrogen) atoms. The summed E-state index contributed by atoms with van der Waals surface area (Å²) in [4.78, 5) is 27.8. The predicted octanol–water partition coefficient (Wildman–Crippen LogP) is 3.99. The van der Waals surface area contributed by atoms with Gasteiger partial charge in [0.1, 0.15) is 0 Å². The van der Waals surface area contributed by atoms with Crippen molar-refractivity contribution >= 4 is 23.6 Å². The number of guanidine groups is 1. The van der Waals surface area contributed by atoms with E-state index in [4.69, 9.17) is 5.11 Å². The number of urea groups is 1.